The topological polar surface area (TPSA) is 53.3 Å². The normalized spacial score (nSPS) is 13.9. The second kappa shape index (κ2) is 7.31. The molecule has 3 nitrogen and oxygen atoms in total. The number of benzene rings is 1. The number of hydrogen-bond acceptors (Lipinski definition) is 3. The predicted octanol–water partition coefficient (Wildman–Crippen LogP) is 1.59. The minimum Gasteiger partial charge on any atom is -0.557 e. The molecule has 0 amide bonds. The molecule has 0 unspecified atom stereocenters. The van der Waals surface area contributed by atoms with Crippen molar-refractivity contribution in [3.63, 3.8) is 0 Å². The molecular weight excluding hydrogens is 224 g/mol. The van der Waals surface area contributed by atoms with Crippen molar-refractivity contribution in [1.29, 1.82) is 5.41 Å². The van der Waals surface area contributed by atoms with Crippen molar-refractivity contribution in [1.82, 2.24) is 0 Å². The van der Waals surface area contributed by atoms with Crippen molar-refractivity contribution in [2.45, 2.75) is 18.3 Å². The van der Waals surface area contributed by atoms with Gasteiger partial charge in [0.25, 0.3) is 0 Å². The molecule has 2 N–H and O–H groups in total. The molecule has 5 heteroatoms. The number of alkyl halides is 1. The van der Waals surface area contributed by atoms with Crippen molar-refractivity contribution in [3.8, 4) is 0 Å². The molecule has 1 aromatic carbocycles. The van der Waals surface area contributed by atoms with Crippen LogP contribution in [0, 0.1) is 5.41 Å². The molecule has 16 heavy (non-hydrogen) atoms. The molecule has 0 radical (unpaired) electrons. The second-order valence-corrected chi connectivity index (χ2v) is 3.93. The summed E-state index contributed by atoms with van der Waals surface area (Å²) in [5.74, 6) is 0.0975. The van der Waals surface area contributed by atoms with Gasteiger partial charge in [0.15, 0.2) is 0 Å². The molecule has 0 saturated carbocycles. The third-order valence-electron chi connectivity index (χ3n) is 2.44. The molecule has 1 aromatic rings. The van der Waals surface area contributed by atoms with Gasteiger partial charge in [0.05, 0.1) is 6.10 Å². The lowest BCUT2D eigenvalue weighted by molar-refractivity contribution is 0.184. The fraction of sp³-hybridized carbons (Fsp3) is 0.364. The van der Waals surface area contributed by atoms with Crippen molar-refractivity contribution in [2.24, 2.45) is 0 Å². The summed E-state index contributed by atoms with van der Waals surface area (Å²) in [5, 5.41) is 16.5. The highest BCUT2D eigenvalue weighted by Crippen LogP contribution is 2.18. The number of nitrogens with one attached hydrogen (secondary N) is 1. The van der Waals surface area contributed by atoms with Crippen LogP contribution in [0.3, 0.4) is 0 Å². The minimum atomic E-state index is -0.609. The molecular formula is C11H15BClNO2. The van der Waals surface area contributed by atoms with Gasteiger partial charge in [0.1, 0.15) is 6.40 Å². The Morgan fingerprint density at radius 2 is 2.12 bits per heavy atom. The Bertz CT molecular complexity index is 310. The monoisotopic (exact) mass is 239 g/mol. The van der Waals surface area contributed by atoms with Gasteiger partial charge in [-0.2, -0.15) is 0 Å². The third kappa shape index (κ3) is 4.25. The standard InChI is InChI=1S/C11H15BClNO2/c13-7-11(15)10(12-16-8-14)6-9-4-2-1-3-5-9/h1-5,8,10-12,14-15H,6-7H2/t10-,11+/m0/s1. The van der Waals surface area contributed by atoms with Crippen molar-refractivity contribution >= 4 is 25.5 Å². The highest BCUT2D eigenvalue weighted by molar-refractivity contribution is 6.32. The van der Waals surface area contributed by atoms with Gasteiger partial charge in [-0.05, 0) is 12.0 Å². The van der Waals surface area contributed by atoms with Crippen LogP contribution in [0.15, 0.2) is 30.3 Å². The number of hydrogen-bond donors (Lipinski definition) is 2. The summed E-state index contributed by atoms with van der Waals surface area (Å²) >= 11 is 5.63. The van der Waals surface area contributed by atoms with E-state index in [2.05, 4.69) is 0 Å². The first-order valence-electron chi connectivity index (χ1n) is 5.16. The third-order valence-corrected chi connectivity index (χ3v) is 2.75. The summed E-state index contributed by atoms with van der Waals surface area (Å²) in [6.45, 7) is 0. The largest absolute Gasteiger partial charge is 0.557 e. The predicted molar refractivity (Wildman–Crippen MR) is 67.6 cm³/mol. The Morgan fingerprint density at radius 1 is 1.44 bits per heavy atom. The SMILES string of the molecule is N=COB[C@@H](Cc1ccccc1)[C@H](O)CCl. The lowest BCUT2D eigenvalue weighted by atomic mass is 9.72. The Kier molecular flexibility index (Phi) is 5.97. The first-order chi connectivity index (χ1) is 7.77. The average Bonchev–Trinajstić information content (AvgIpc) is 2.34. The van der Waals surface area contributed by atoms with Gasteiger partial charge in [-0.1, -0.05) is 30.3 Å². The molecule has 0 saturated heterocycles. The van der Waals surface area contributed by atoms with Crippen molar-refractivity contribution in [2.75, 3.05) is 5.88 Å². The number of aliphatic hydroxyl groups excluding tert-OH is 1. The van der Waals surface area contributed by atoms with Gasteiger partial charge < -0.3 is 9.76 Å². The highest BCUT2D eigenvalue weighted by Gasteiger charge is 2.21. The van der Waals surface area contributed by atoms with Crippen LogP contribution in [0.4, 0.5) is 0 Å². The Hall–Kier alpha value is -0.995. The van der Waals surface area contributed by atoms with Crippen LogP contribution in [0.25, 0.3) is 0 Å². The first-order valence-corrected chi connectivity index (χ1v) is 5.70. The number of aliphatic hydroxyl groups is 1. The molecule has 0 spiro atoms. The molecule has 0 fully saturated rings. The lowest BCUT2D eigenvalue weighted by Crippen LogP contribution is -2.25. The molecule has 1 rings (SSSR count). The molecule has 86 valence electrons. The van der Waals surface area contributed by atoms with Crippen LogP contribution in [0.2, 0.25) is 5.82 Å². The summed E-state index contributed by atoms with van der Waals surface area (Å²) in [6.07, 6.45) is 0.975. The number of rotatable bonds is 7. The van der Waals surface area contributed by atoms with Crippen LogP contribution in [0.5, 0.6) is 0 Å². The first kappa shape index (κ1) is 13.1. The van der Waals surface area contributed by atoms with Crippen LogP contribution in [0.1, 0.15) is 5.56 Å². The van der Waals surface area contributed by atoms with E-state index in [1.54, 1.807) is 0 Å². The maximum absolute atomic E-state index is 9.72. The fourth-order valence-corrected chi connectivity index (χ4v) is 1.77. The zero-order valence-electron chi connectivity index (χ0n) is 8.97. The quantitative estimate of drug-likeness (QED) is 0.329. The molecule has 0 bridgehead atoms. The van der Waals surface area contributed by atoms with E-state index in [1.807, 2.05) is 30.3 Å². The van der Waals surface area contributed by atoms with Gasteiger partial charge in [-0.15, -0.1) is 11.6 Å². The molecule has 0 heterocycles. The van der Waals surface area contributed by atoms with E-state index >= 15 is 0 Å². The minimum absolute atomic E-state index is 0.0819. The van der Waals surface area contributed by atoms with E-state index in [4.69, 9.17) is 21.7 Å². The highest BCUT2D eigenvalue weighted by atomic mass is 35.5. The van der Waals surface area contributed by atoms with E-state index in [9.17, 15) is 5.11 Å². The maximum atomic E-state index is 9.72. The Balaban J connectivity index is 2.59. The van der Waals surface area contributed by atoms with E-state index in [0.29, 0.717) is 13.9 Å². The second-order valence-electron chi connectivity index (χ2n) is 3.62. The summed E-state index contributed by atoms with van der Waals surface area (Å²) in [6, 6.07) is 9.86. The fourth-order valence-electron chi connectivity index (χ4n) is 1.52. The van der Waals surface area contributed by atoms with Gasteiger partial charge >= 0.3 is 7.48 Å². The molecule has 0 aliphatic heterocycles. The van der Waals surface area contributed by atoms with Gasteiger partial charge in [0.2, 0.25) is 0 Å². The van der Waals surface area contributed by atoms with Crippen LogP contribution in [-0.2, 0) is 11.1 Å². The van der Waals surface area contributed by atoms with Crippen LogP contribution in [-0.4, -0.2) is 31.0 Å². The summed E-state index contributed by atoms with van der Waals surface area (Å²) in [4.78, 5) is 0. The molecule has 0 aliphatic rings. The maximum Gasteiger partial charge on any atom is 0.347 e. The van der Waals surface area contributed by atoms with E-state index in [-0.39, 0.29) is 11.7 Å². The van der Waals surface area contributed by atoms with Crippen LogP contribution >= 0.6 is 11.6 Å². The van der Waals surface area contributed by atoms with Crippen LogP contribution < -0.4 is 0 Å². The summed E-state index contributed by atoms with van der Waals surface area (Å²) in [5.41, 5.74) is 1.13. The van der Waals surface area contributed by atoms with E-state index in [1.165, 1.54) is 0 Å². The van der Waals surface area contributed by atoms with Gasteiger partial charge in [-0.3, -0.25) is 5.41 Å². The van der Waals surface area contributed by atoms with Gasteiger partial charge in [0, 0.05) is 11.7 Å². The Morgan fingerprint density at radius 3 is 2.69 bits per heavy atom. The zero-order valence-corrected chi connectivity index (χ0v) is 9.73. The van der Waals surface area contributed by atoms with Crippen molar-refractivity contribution in [3.05, 3.63) is 35.9 Å². The van der Waals surface area contributed by atoms with E-state index in [0.717, 1.165) is 12.0 Å². The lowest BCUT2D eigenvalue weighted by Gasteiger charge is -2.19. The molecule has 0 aliphatic carbocycles. The number of halogens is 1. The smallest absolute Gasteiger partial charge is 0.347 e. The Labute approximate surface area is 101 Å². The molecule has 0 aromatic heterocycles. The summed E-state index contributed by atoms with van der Waals surface area (Å²) < 4.78 is 4.91. The summed E-state index contributed by atoms with van der Waals surface area (Å²) in [7, 11) is 0.312. The molecule has 2 atom stereocenters. The van der Waals surface area contributed by atoms with Gasteiger partial charge in [-0.25, -0.2) is 0 Å². The zero-order chi connectivity index (χ0) is 11.8. The van der Waals surface area contributed by atoms with E-state index < -0.39 is 6.10 Å². The average molecular weight is 240 g/mol. The van der Waals surface area contributed by atoms with Crippen molar-refractivity contribution < 1.29 is 9.76 Å².